The molecule has 0 spiro atoms. The van der Waals surface area contributed by atoms with E-state index in [9.17, 15) is 23.5 Å². The van der Waals surface area contributed by atoms with Crippen LogP contribution in [0.5, 0.6) is 0 Å². The third-order valence-electron chi connectivity index (χ3n) is 4.82. The highest BCUT2D eigenvalue weighted by molar-refractivity contribution is 5.96. The number of halogens is 2. The van der Waals surface area contributed by atoms with E-state index in [1.165, 1.54) is 4.90 Å². The number of amides is 1. The summed E-state index contributed by atoms with van der Waals surface area (Å²) in [7, 11) is 0. The van der Waals surface area contributed by atoms with Crippen molar-refractivity contribution >= 4 is 16.7 Å². The van der Waals surface area contributed by atoms with Gasteiger partial charge < -0.3 is 15.0 Å². The molecular formula is C20H16F2N2O3. The lowest BCUT2D eigenvalue weighted by Gasteiger charge is -2.36. The number of aromatic amines is 1. The van der Waals surface area contributed by atoms with Crippen LogP contribution < -0.4 is 5.56 Å². The summed E-state index contributed by atoms with van der Waals surface area (Å²) in [6, 6.07) is 9.00. The van der Waals surface area contributed by atoms with E-state index in [4.69, 9.17) is 0 Å². The normalized spacial score (nSPS) is 14.4. The first-order chi connectivity index (χ1) is 12.8. The minimum absolute atomic E-state index is 0.0523. The first-order valence-corrected chi connectivity index (χ1v) is 8.44. The Morgan fingerprint density at radius 2 is 1.81 bits per heavy atom. The van der Waals surface area contributed by atoms with Gasteiger partial charge >= 0.3 is 0 Å². The molecule has 1 fully saturated rings. The minimum Gasteiger partial charge on any atom is -0.389 e. The van der Waals surface area contributed by atoms with Gasteiger partial charge in [-0.15, -0.1) is 0 Å². The van der Waals surface area contributed by atoms with Crippen LogP contribution in [0.2, 0.25) is 0 Å². The predicted molar refractivity (Wildman–Crippen MR) is 96.6 cm³/mol. The molecule has 0 aliphatic carbocycles. The number of carbonyl (C=O) groups excluding carboxylic acids is 1. The van der Waals surface area contributed by atoms with Crippen LogP contribution in [0.25, 0.3) is 22.0 Å². The lowest BCUT2D eigenvalue weighted by Crippen LogP contribution is -2.53. The standard InChI is InChI=1S/C20H16F2N2O3/c1-10-3-2-4-13-14(10)7-17(23-19(13)26)11-5-15(21)18(16(22)6-11)20(27)24-8-12(25)9-24/h2-7,12,25H,8-9H2,1H3,(H,23,26). The van der Waals surface area contributed by atoms with Crippen LogP contribution in [-0.2, 0) is 0 Å². The number of rotatable bonds is 2. The number of nitrogens with one attached hydrogen (secondary N) is 1. The van der Waals surface area contributed by atoms with Crippen LogP contribution in [0.15, 0.2) is 41.2 Å². The van der Waals surface area contributed by atoms with Gasteiger partial charge in [-0.25, -0.2) is 8.78 Å². The molecule has 1 aromatic heterocycles. The highest BCUT2D eigenvalue weighted by Crippen LogP contribution is 2.27. The second-order valence-corrected chi connectivity index (χ2v) is 6.73. The Morgan fingerprint density at radius 1 is 1.15 bits per heavy atom. The highest BCUT2D eigenvalue weighted by Gasteiger charge is 2.32. The van der Waals surface area contributed by atoms with E-state index in [1.54, 1.807) is 18.2 Å². The number of hydrogen-bond acceptors (Lipinski definition) is 3. The third kappa shape index (κ3) is 2.90. The maximum atomic E-state index is 14.5. The summed E-state index contributed by atoms with van der Waals surface area (Å²) in [6.07, 6.45) is -0.662. The van der Waals surface area contributed by atoms with Gasteiger partial charge in [0.15, 0.2) is 0 Å². The zero-order chi connectivity index (χ0) is 19.3. The van der Waals surface area contributed by atoms with Gasteiger partial charge in [0.05, 0.1) is 6.10 Å². The number of aliphatic hydroxyl groups excluding tert-OH is 1. The van der Waals surface area contributed by atoms with Crippen molar-refractivity contribution in [1.82, 2.24) is 9.88 Å². The fourth-order valence-electron chi connectivity index (χ4n) is 3.31. The lowest BCUT2D eigenvalue weighted by molar-refractivity contribution is 0.00526. The van der Waals surface area contributed by atoms with Crippen molar-refractivity contribution < 1.29 is 18.7 Å². The lowest BCUT2D eigenvalue weighted by atomic mass is 10.0. The number of pyridine rings is 1. The van der Waals surface area contributed by atoms with Crippen molar-refractivity contribution in [2.24, 2.45) is 0 Å². The van der Waals surface area contributed by atoms with Crippen molar-refractivity contribution in [3.63, 3.8) is 0 Å². The number of aryl methyl sites for hydroxylation is 1. The molecule has 1 amide bonds. The van der Waals surface area contributed by atoms with Crippen LogP contribution in [0, 0.1) is 18.6 Å². The van der Waals surface area contributed by atoms with E-state index in [-0.39, 0.29) is 29.9 Å². The van der Waals surface area contributed by atoms with Crippen molar-refractivity contribution in [3.05, 3.63) is 69.5 Å². The van der Waals surface area contributed by atoms with E-state index in [2.05, 4.69) is 4.98 Å². The van der Waals surface area contributed by atoms with Crippen LogP contribution in [0.4, 0.5) is 8.78 Å². The molecule has 27 heavy (non-hydrogen) atoms. The van der Waals surface area contributed by atoms with Crippen molar-refractivity contribution in [3.8, 4) is 11.3 Å². The van der Waals surface area contributed by atoms with Crippen LogP contribution in [0.1, 0.15) is 15.9 Å². The first-order valence-electron chi connectivity index (χ1n) is 8.44. The number of likely N-dealkylation sites (tertiary alicyclic amines) is 1. The Hall–Kier alpha value is -3.06. The van der Waals surface area contributed by atoms with E-state index in [0.29, 0.717) is 10.8 Å². The average Bonchev–Trinajstić information content (AvgIpc) is 2.59. The van der Waals surface area contributed by atoms with Gasteiger partial charge in [-0.2, -0.15) is 0 Å². The van der Waals surface area contributed by atoms with E-state index >= 15 is 0 Å². The number of β-amino-alcohol motifs (C(OH)–C–C–N with tert-alkyl or cyclic N) is 1. The fourth-order valence-corrected chi connectivity index (χ4v) is 3.31. The maximum absolute atomic E-state index is 14.5. The number of carbonyl (C=O) groups is 1. The van der Waals surface area contributed by atoms with E-state index < -0.39 is 29.2 Å². The van der Waals surface area contributed by atoms with Gasteiger partial charge in [-0.1, -0.05) is 12.1 Å². The fraction of sp³-hybridized carbons (Fsp3) is 0.200. The molecule has 2 aromatic carbocycles. The quantitative estimate of drug-likeness (QED) is 0.728. The Kier molecular flexibility index (Phi) is 4.04. The topological polar surface area (TPSA) is 73.4 Å². The number of H-pyrrole nitrogens is 1. The smallest absolute Gasteiger partial charge is 0.260 e. The summed E-state index contributed by atoms with van der Waals surface area (Å²) in [5.74, 6) is -2.83. The van der Waals surface area contributed by atoms with Gasteiger partial charge in [0.1, 0.15) is 17.2 Å². The summed E-state index contributed by atoms with van der Waals surface area (Å²) in [4.78, 5) is 28.3. The Bertz CT molecular complexity index is 1110. The molecule has 0 saturated carbocycles. The van der Waals surface area contributed by atoms with Gasteiger partial charge in [0.25, 0.3) is 11.5 Å². The highest BCUT2D eigenvalue weighted by atomic mass is 19.1. The molecule has 0 bridgehead atoms. The SMILES string of the molecule is Cc1cccc2c(=O)[nH]c(-c3cc(F)c(C(=O)N4CC(O)C4)c(F)c3)cc12. The van der Waals surface area contributed by atoms with Gasteiger partial charge in [0.2, 0.25) is 0 Å². The summed E-state index contributed by atoms with van der Waals surface area (Å²) in [5.41, 5.74) is 0.237. The molecule has 4 rings (SSSR count). The maximum Gasteiger partial charge on any atom is 0.260 e. The van der Waals surface area contributed by atoms with Crippen molar-refractivity contribution in [1.29, 1.82) is 0 Å². The molecule has 7 heteroatoms. The number of fused-ring (bicyclic) bond motifs is 1. The molecule has 1 aliphatic rings. The largest absolute Gasteiger partial charge is 0.389 e. The van der Waals surface area contributed by atoms with Crippen LogP contribution in [-0.4, -0.2) is 40.1 Å². The monoisotopic (exact) mass is 370 g/mol. The second-order valence-electron chi connectivity index (χ2n) is 6.73. The molecule has 138 valence electrons. The average molecular weight is 370 g/mol. The van der Waals surface area contributed by atoms with Gasteiger partial charge in [-0.3, -0.25) is 9.59 Å². The zero-order valence-electron chi connectivity index (χ0n) is 14.4. The molecule has 2 heterocycles. The number of aliphatic hydroxyl groups is 1. The molecule has 3 aromatic rings. The Labute approximate surface area is 152 Å². The molecule has 5 nitrogen and oxygen atoms in total. The van der Waals surface area contributed by atoms with Crippen molar-refractivity contribution in [2.45, 2.75) is 13.0 Å². The minimum atomic E-state index is -1.01. The van der Waals surface area contributed by atoms with E-state index in [0.717, 1.165) is 17.7 Å². The molecule has 1 aliphatic heterocycles. The number of aromatic nitrogens is 1. The summed E-state index contributed by atoms with van der Waals surface area (Å²) < 4.78 is 29.0. The van der Waals surface area contributed by atoms with E-state index in [1.807, 2.05) is 13.0 Å². The summed E-state index contributed by atoms with van der Waals surface area (Å²) in [5, 5.41) is 10.4. The third-order valence-corrected chi connectivity index (χ3v) is 4.82. The predicted octanol–water partition coefficient (Wildman–Crippen LogP) is 2.60. The first kappa shape index (κ1) is 17.4. The second kappa shape index (κ2) is 6.28. The Morgan fingerprint density at radius 3 is 2.44 bits per heavy atom. The van der Waals surface area contributed by atoms with Gasteiger partial charge in [-0.05, 0) is 42.1 Å². The molecule has 2 N–H and O–H groups in total. The number of hydrogen-bond donors (Lipinski definition) is 2. The van der Waals surface area contributed by atoms with Gasteiger partial charge in [0, 0.05) is 29.7 Å². The van der Waals surface area contributed by atoms with Crippen molar-refractivity contribution in [2.75, 3.05) is 13.1 Å². The van der Waals surface area contributed by atoms with Crippen LogP contribution in [0.3, 0.4) is 0 Å². The Balaban J connectivity index is 1.80. The summed E-state index contributed by atoms with van der Waals surface area (Å²) in [6.45, 7) is 1.95. The molecule has 0 unspecified atom stereocenters. The summed E-state index contributed by atoms with van der Waals surface area (Å²) >= 11 is 0. The zero-order valence-corrected chi connectivity index (χ0v) is 14.4. The number of benzene rings is 2. The molecule has 0 atom stereocenters. The number of nitrogens with zero attached hydrogens (tertiary/aromatic N) is 1. The molecule has 0 radical (unpaired) electrons. The molecular weight excluding hydrogens is 354 g/mol. The van der Waals surface area contributed by atoms with Crippen LogP contribution >= 0.6 is 0 Å². The molecule has 1 saturated heterocycles.